The van der Waals surface area contributed by atoms with Gasteiger partial charge in [-0.25, -0.2) is 8.42 Å². The molecule has 2 amide bonds. The molecule has 5 rings (SSSR count). The van der Waals surface area contributed by atoms with Crippen LogP contribution < -0.4 is 20.1 Å². The quantitative estimate of drug-likeness (QED) is 0.164. The number of rotatable bonds is 13. The van der Waals surface area contributed by atoms with Crippen molar-refractivity contribution in [3.63, 3.8) is 0 Å². The molecule has 0 atom stereocenters. The fourth-order valence-corrected chi connectivity index (χ4v) is 7.48. The van der Waals surface area contributed by atoms with E-state index in [2.05, 4.69) is 15.6 Å². The molecule has 0 spiro atoms. The lowest BCUT2D eigenvalue weighted by Crippen LogP contribution is -2.37. The van der Waals surface area contributed by atoms with Gasteiger partial charge in [0.25, 0.3) is 5.91 Å². The van der Waals surface area contributed by atoms with Gasteiger partial charge in [0.1, 0.15) is 11.5 Å². The summed E-state index contributed by atoms with van der Waals surface area (Å²) in [6.07, 6.45) is 4.07. The number of pyridine rings is 1. The third-order valence-electron chi connectivity index (χ3n) is 8.48. The van der Waals surface area contributed by atoms with Crippen LogP contribution in [0.5, 0.6) is 11.5 Å². The Hall–Kier alpha value is -4.39. The molecule has 2 N–H and O–H groups in total. The Kier molecular flexibility index (Phi) is 12.0. The molecule has 0 bridgehead atoms. The van der Waals surface area contributed by atoms with Crippen LogP contribution >= 0.6 is 11.6 Å². The number of nitrogens with one attached hydrogen (secondary N) is 2. The van der Waals surface area contributed by atoms with Crippen molar-refractivity contribution < 1.29 is 27.5 Å². The van der Waals surface area contributed by atoms with Gasteiger partial charge in [-0.2, -0.15) is 4.31 Å². The third-order valence-corrected chi connectivity index (χ3v) is 10.6. The Morgan fingerprint density at radius 1 is 0.898 bits per heavy atom. The lowest BCUT2D eigenvalue weighted by atomic mass is 10.1. The number of carbonyl (C=O) groups is 2. The molecule has 13 heteroatoms. The minimum Gasteiger partial charge on any atom is -0.497 e. The van der Waals surface area contributed by atoms with E-state index in [9.17, 15) is 18.0 Å². The van der Waals surface area contributed by atoms with Crippen molar-refractivity contribution in [1.29, 1.82) is 0 Å². The van der Waals surface area contributed by atoms with Crippen LogP contribution in [-0.4, -0.2) is 81.4 Å². The van der Waals surface area contributed by atoms with Gasteiger partial charge in [0.2, 0.25) is 15.9 Å². The van der Waals surface area contributed by atoms with Crippen molar-refractivity contribution in [3.05, 3.63) is 83.0 Å². The Bertz CT molecular complexity index is 1900. The van der Waals surface area contributed by atoms with Gasteiger partial charge in [-0.15, -0.1) is 0 Å². The van der Waals surface area contributed by atoms with Crippen LogP contribution in [0, 0.1) is 6.92 Å². The minimum atomic E-state index is -3.99. The Morgan fingerprint density at radius 3 is 2.33 bits per heavy atom. The molecule has 3 aromatic carbocycles. The predicted octanol–water partition coefficient (Wildman–Crippen LogP) is 6.36. The first kappa shape index (κ1) is 35.9. The van der Waals surface area contributed by atoms with Crippen molar-refractivity contribution in [2.24, 2.45) is 0 Å². The van der Waals surface area contributed by atoms with Crippen LogP contribution in [0.1, 0.15) is 48.2 Å². The Balaban J connectivity index is 1.30. The van der Waals surface area contributed by atoms with Crippen LogP contribution in [-0.2, 0) is 14.8 Å². The van der Waals surface area contributed by atoms with E-state index in [1.807, 2.05) is 30.0 Å². The molecule has 0 aliphatic carbocycles. The van der Waals surface area contributed by atoms with Gasteiger partial charge in [0.05, 0.1) is 30.3 Å². The highest BCUT2D eigenvalue weighted by molar-refractivity contribution is 7.89. The number of aryl methyl sites for hydroxylation is 1. The van der Waals surface area contributed by atoms with Crippen molar-refractivity contribution in [2.75, 3.05) is 57.6 Å². The molecule has 260 valence electrons. The first-order valence-corrected chi connectivity index (χ1v) is 18.1. The van der Waals surface area contributed by atoms with Crippen molar-refractivity contribution in [2.45, 2.75) is 43.9 Å². The molecule has 11 nitrogen and oxygen atoms in total. The Morgan fingerprint density at radius 2 is 1.63 bits per heavy atom. The number of sulfonamides is 1. The lowest BCUT2D eigenvalue weighted by molar-refractivity contribution is -0.116. The normalized spacial score (nSPS) is 13.6. The predicted molar refractivity (Wildman–Crippen MR) is 192 cm³/mol. The van der Waals surface area contributed by atoms with E-state index in [1.165, 1.54) is 30.7 Å². The summed E-state index contributed by atoms with van der Waals surface area (Å²) in [5.74, 6) is 0.404. The summed E-state index contributed by atoms with van der Waals surface area (Å²) < 4.78 is 39.7. The number of nitrogens with zero attached hydrogens (tertiary/aromatic N) is 3. The first-order chi connectivity index (χ1) is 23.6. The van der Waals surface area contributed by atoms with E-state index >= 15 is 0 Å². The zero-order valence-corrected chi connectivity index (χ0v) is 29.6. The van der Waals surface area contributed by atoms with E-state index in [0.717, 1.165) is 61.1 Å². The largest absolute Gasteiger partial charge is 0.497 e. The molecule has 1 aliphatic heterocycles. The molecular formula is C36H42ClN5O6S. The number of fused-ring (bicyclic) bond motifs is 1. The van der Waals surface area contributed by atoms with Crippen molar-refractivity contribution in [1.82, 2.24) is 14.2 Å². The lowest BCUT2D eigenvalue weighted by Gasteiger charge is -2.23. The summed E-state index contributed by atoms with van der Waals surface area (Å²) in [6.45, 7) is 3.56. The molecule has 1 saturated heterocycles. The number of benzene rings is 3. The number of halogens is 1. The molecule has 1 fully saturated rings. The summed E-state index contributed by atoms with van der Waals surface area (Å²) >= 11 is 6.26. The van der Waals surface area contributed by atoms with Crippen LogP contribution in [0.15, 0.2) is 71.6 Å². The monoisotopic (exact) mass is 707 g/mol. The molecule has 1 aliphatic rings. The third kappa shape index (κ3) is 9.00. The molecule has 2 heterocycles. The van der Waals surface area contributed by atoms with Crippen LogP contribution in [0.3, 0.4) is 0 Å². The average molecular weight is 708 g/mol. The number of amides is 2. The maximum Gasteiger partial charge on any atom is 0.253 e. The molecule has 0 saturated carbocycles. The summed E-state index contributed by atoms with van der Waals surface area (Å²) in [5, 5.41) is 7.55. The number of likely N-dealkylation sites (tertiary alicyclic amines) is 1. The zero-order chi connectivity index (χ0) is 35.0. The van der Waals surface area contributed by atoms with E-state index in [0.29, 0.717) is 27.8 Å². The maximum absolute atomic E-state index is 13.9. The van der Waals surface area contributed by atoms with Gasteiger partial charge in [-0.3, -0.25) is 14.6 Å². The summed E-state index contributed by atoms with van der Waals surface area (Å²) in [6, 6.07) is 18.4. The van der Waals surface area contributed by atoms with Gasteiger partial charge in [-0.1, -0.05) is 24.4 Å². The maximum atomic E-state index is 13.9. The number of hydrogen-bond acceptors (Lipinski definition) is 8. The van der Waals surface area contributed by atoms with E-state index in [1.54, 1.807) is 36.4 Å². The van der Waals surface area contributed by atoms with Crippen molar-refractivity contribution in [3.8, 4) is 11.5 Å². The number of aromatic nitrogens is 1. The second-order valence-electron chi connectivity index (χ2n) is 11.9. The van der Waals surface area contributed by atoms with Gasteiger partial charge in [-0.05, 0) is 86.5 Å². The molecule has 4 aromatic rings. The van der Waals surface area contributed by atoms with Crippen LogP contribution in [0.4, 0.5) is 11.4 Å². The standard InChI is InChI=1S/C36H42ClN5O6S/c1-25-22-33(30-24-27(37)9-15-31(30)39-25)38-17-21-42(49(45,46)29-12-10-28(47-2)11-13-29)20-16-35(43)40-32-14-8-26(23-34(32)48-3)36(44)41-18-6-4-5-7-19-41/h8-15,22-24H,4-7,16-21H2,1-3H3,(H,38,39)(H,40,43). The van der Waals surface area contributed by atoms with Gasteiger partial charge >= 0.3 is 0 Å². The smallest absolute Gasteiger partial charge is 0.253 e. The highest BCUT2D eigenvalue weighted by Crippen LogP contribution is 2.29. The molecule has 0 unspecified atom stereocenters. The average Bonchev–Trinajstić information content (AvgIpc) is 3.39. The van der Waals surface area contributed by atoms with E-state index in [-0.39, 0.29) is 36.9 Å². The fraction of sp³-hybridized carbons (Fsp3) is 0.361. The second kappa shape index (κ2) is 16.3. The topological polar surface area (TPSA) is 130 Å². The van der Waals surface area contributed by atoms with Gasteiger partial charge < -0.3 is 25.0 Å². The van der Waals surface area contributed by atoms with Gasteiger partial charge in [0.15, 0.2) is 0 Å². The number of carbonyl (C=O) groups excluding carboxylic acids is 2. The summed E-state index contributed by atoms with van der Waals surface area (Å²) in [5.41, 5.74) is 3.21. The second-order valence-corrected chi connectivity index (χ2v) is 14.3. The number of ether oxygens (including phenoxy) is 2. The first-order valence-electron chi connectivity index (χ1n) is 16.3. The fourth-order valence-electron chi connectivity index (χ4n) is 5.86. The minimum absolute atomic E-state index is 0.0657. The highest BCUT2D eigenvalue weighted by atomic mass is 35.5. The van der Waals surface area contributed by atoms with E-state index in [4.69, 9.17) is 21.1 Å². The summed E-state index contributed by atoms with van der Waals surface area (Å²) in [7, 11) is -1.01. The molecule has 0 radical (unpaired) electrons. The van der Waals surface area contributed by atoms with E-state index < -0.39 is 15.9 Å². The van der Waals surface area contributed by atoms with Crippen LogP contribution in [0.2, 0.25) is 5.02 Å². The molecule has 49 heavy (non-hydrogen) atoms. The molecule has 1 aromatic heterocycles. The number of hydrogen-bond donors (Lipinski definition) is 2. The SMILES string of the molecule is COc1ccc(S(=O)(=O)N(CCNc2cc(C)nc3ccc(Cl)cc23)CCC(=O)Nc2ccc(C(=O)N3CCCCCC3)cc2OC)cc1. The van der Waals surface area contributed by atoms with Crippen molar-refractivity contribution >= 4 is 55.7 Å². The Labute approximate surface area is 292 Å². The molecular weight excluding hydrogens is 666 g/mol. The van der Waals surface area contributed by atoms with Gasteiger partial charge in [0, 0.05) is 66.5 Å². The zero-order valence-electron chi connectivity index (χ0n) is 28.0. The number of anilines is 2. The number of methoxy groups -OCH3 is 2. The summed E-state index contributed by atoms with van der Waals surface area (Å²) in [4.78, 5) is 32.9. The van der Waals surface area contributed by atoms with Crippen LogP contribution in [0.25, 0.3) is 10.9 Å². The highest BCUT2D eigenvalue weighted by Gasteiger charge is 2.26.